The van der Waals surface area contributed by atoms with Crippen LogP contribution in [0.4, 0.5) is 0 Å². The SMILES string of the molecule is CC(C)CCN(C1CC1)S(=O)(=O)N1CCC(C(=O)O)CC1. The smallest absolute Gasteiger partial charge is 0.306 e. The van der Waals surface area contributed by atoms with E-state index in [0.717, 1.165) is 19.3 Å². The van der Waals surface area contributed by atoms with E-state index in [1.54, 1.807) is 4.31 Å². The van der Waals surface area contributed by atoms with Crippen molar-refractivity contribution in [2.45, 2.75) is 52.0 Å². The summed E-state index contributed by atoms with van der Waals surface area (Å²) in [6.45, 7) is 5.41. The molecule has 0 aromatic rings. The molecule has 21 heavy (non-hydrogen) atoms. The molecule has 0 spiro atoms. The first kappa shape index (κ1) is 16.7. The predicted molar refractivity (Wildman–Crippen MR) is 80.0 cm³/mol. The molecule has 1 heterocycles. The molecule has 0 amide bonds. The molecule has 0 aromatic carbocycles. The van der Waals surface area contributed by atoms with Crippen LogP contribution in [-0.4, -0.2) is 53.8 Å². The lowest BCUT2D eigenvalue weighted by Crippen LogP contribution is -2.49. The largest absolute Gasteiger partial charge is 0.481 e. The van der Waals surface area contributed by atoms with Crippen molar-refractivity contribution in [2.24, 2.45) is 11.8 Å². The molecule has 2 rings (SSSR count). The molecule has 1 N–H and O–H groups in total. The molecule has 1 aliphatic carbocycles. The van der Waals surface area contributed by atoms with Crippen molar-refractivity contribution in [1.29, 1.82) is 0 Å². The minimum absolute atomic E-state index is 0.158. The van der Waals surface area contributed by atoms with E-state index >= 15 is 0 Å². The van der Waals surface area contributed by atoms with E-state index in [4.69, 9.17) is 5.11 Å². The van der Waals surface area contributed by atoms with E-state index < -0.39 is 22.1 Å². The van der Waals surface area contributed by atoms with Crippen molar-refractivity contribution in [1.82, 2.24) is 8.61 Å². The zero-order valence-corrected chi connectivity index (χ0v) is 13.7. The first-order valence-corrected chi connectivity index (χ1v) is 9.21. The van der Waals surface area contributed by atoms with Crippen molar-refractivity contribution in [2.75, 3.05) is 19.6 Å². The standard InChI is InChI=1S/C14H26N2O4S/c1-11(2)5-10-16(13-3-4-13)21(19,20)15-8-6-12(7-9-15)14(17)18/h11-13H,3-10H2,1-2H3,(H,17,18). The van der Waals surface area contributed by atoms with Gasteiger partial charge in [0.05, 0.1) is 5.92 Å². The highest BCUT2D eigenvalue weighted by Crippen LogP contribution is 2.32. The van der Waals surface area contributed by atoms with Crippen LogP contribution in [-0.2, 0) is 15.0 Å². The van der Waals surface area contributed by atoms with Gasteiger partial charge in [0.25, 0.3) is 10.2 Å². The molecule has 1 aliphatic heterocycles. The van der Waals surface area contributed by atoms with Crippen molar-refractivity contribution in [3.63, 3.8) is 0 Å². The number of aliphatic carboxylic acids is 1. The first-order valence-electron chi connectivity index (χ1n) is 7.82. The highest BCUT2D eigenvalue weighted by Gasteiger charge is 2.41. The Morgan fingerprint density at radius 3 is 2.24 bits per heavy atom. The third kappa shape index (κ3) is 4.17. The quantitative estimate of drug-likeness (QED) is 0.772. The van der Waals surface area contributed by atoms with Gasteiger partial charge in [0.1, 0.15) is 0 Å². The summed E-state index contributed by atoms with van der Waals surface area (Å²) in [6, 6.07) is 0.158. The molecule has 122 valence electrons. The zero-order valence-electron chi connectivity index (χ0n) is 12.9. The Bertz CT molecular complexity index is 465. The summed E-state index contributed by atoms with van der Waals surface area (Å²) < 4.78 is 28.6. The molecule has 0 unspecified atom stereocenters. The summed E-state index contributed by atoms with van der Waals surface area (Å²) in [6.07, 6.45) is 3.58. The fourth-order valence-electron chi connectivity index (χ4n) is 2.72. The number of piperidine rings is 1. The van der Waals surface area contributed by atoms with Crippen LogP contribution in [0.5, 0.6) is 0 Å². The maximum Gasteiger partial charge on any atom is 0.306 e. The van der Waals surface area contributed by atoms with Crippen LogP contribution < -0.4 is 0 Å². The van der Waals surface area contributed by atoms with Crippen molar-refractivity contribution >= 4 is 16.2 Å². The van der Waals surface area contributed by atoms with E-state index in [0.29, 0.717) is 38.4 Å². The number of carboxylic acids is 1. The van der Waals surface area contributed by atoms with Crippen LogP contribution in [0.3, 0.4) is 0 Å². The molecule has 2 fully saturated rings. The molecule has 0 bridgehead atoms. The molecule has 2 aliphatic rings. The molecular formula is C14H26N2O4S. The van der Waals surface area contributed by atoms with Gasteiger partial charge in [-0.2, -0.15) is 17.0 Å². The minimum atomic E-state index is -3.43. The van der Waals surface area contributed by atoms with E-state index in [-0.39, 0.29) is 6.04 Å². The van der Waals surface area contributed by atoms with Gasteiger partial charge < -0.3 is 5.11 Å². The lowest BCUT2D eigenvalue weighted by atomic mass is 9.99. The topological polar surface area (TPSA) is 77.9 Å². The summed E-state index contributed by atoms with van der Waals surface area (Å²) in [7, 11) is -3.43. The van der Waals surface area contributed by atoms with Gasteiger partial charge in [-0.15, -0.1) is 0 Å². The van der Waals surface area contributed by atoms with E-state index in [1.807, 2.05) is 0 Å². The van der Waals surface area contributed by atoms with Crippen LogP contribution >= 0.6 is 0 Å². The predicted octanol–water partition coefficient (Wildman–Crippen LogP) is 1.54. The normalized spacial score (nSPS) is 22.1. The summed E-state index contributed by atoms with van der Waals surface area (Å²) in [5.41, 5.74) is 0. The van der Waals surface area contributed by atoms with Gasteiger partial charge in [-0.05, 0) is 38.0 Å². The van der Waals surface area contributed by atoms with E-state index in [1.165, 1.54) is 4.31 Å². The van der Waals surface area contributed by atoms with Gasteiger partial charge in [0.2, 0.25) is 0 Å². The van der Waals surface area contributed by atoms with Crippen LogP contribution in [0, 0.1) is 11.8 Å². The minimum Gasteiger partial charge on any atom is -0.481 e. The Labute approximate surface area is 127 Å². The summed E-state index contributed by atoms with van der Waals surface area (Å²) in [5.74, 6) is -0.744. The van der Waals surface area contributed by atoms with Crippen LogP contribution in [0.2, 0.25) is 0 Å². The maximum absolute atomic E-state index is 12.8. The van der Waals surface area contributed by atoms with Crippen LogP contribution in [0.25, 0.3) is 0 Å². The van der Waals surface area contributed by atoms with Crippen molar-refractivity contribution in [3.8, 4) is 0 Å². The van der Waals surface area contributed by atoms with Gasteiger partial charge >= 0.3 is 5.97 Å². The average Bonchev–Trinajstić information content (AvgIpc) is 3.23. The number of nitrogens with zero attached hydrogens (tertiary/aromatic N) is 2. The molecule has 0 atom stereocenters. The Kier molecular flexibility index (Phi) is 5.27. The van der Waals surface area contributed by atoms with E-state index in [2.05, 4.69) is 13.8 Å². The first-order chi connectivity index (χ1) is 9.82. The molecule has 6 nitrogen and oxygen atoms in total. The molecule has 7 heteroatoms. The highest BCUT2D eigenvalue weighted by atomic mass is 32.2. The number of hydrogen-bond acceptors (Lipinski definition) is 3. The number of rotatable bonds is 7. The summed E-state index contributed by atoms with van der Waals surface area (Å²) in [5, 5.41) is 9.00. The fourth-order valence-corrected chi connectivity index (χ4v) is 4.61. The van der Waals surface area contributed by atoms with Gasteiger partial charge in [-0.3, -0.25) is 4.79 Å². The summed E-state index contributed by atoms with van der Waals surface area (Å²) in [4.78, 5) is 11.0. The number of carboxylic acid groups (broad SMARTS) is 1. The lowest BCUT2D eigenvalue weighted by molar-refractivity contribution is -0.142. The lowest BCUT2D eigenvalue weighted by Gasteiger charge is -2.34. The molecule has 1 saturated carbocycles. The molecule has 1 saturated heterocycles. The van der Waals surface area contributed by atoms with Gasteiger partial charge in [-0.25, -0.2) is 0 Å². The molecule has 0 radical (unpaired) electrons. The Hall–Kier alpha value is -0.660. The van der Waals surface area contributed by atoms with Crippen LogP contribution in [0.1, 0.15) is 46.0 Å². The second kappa shape index (κ2) is 6.62. The fraction of sp³-hybridized carbons (Fsp3) is 0.929. The van der Waals surface area contributed by atoms with Crippen molar-refractivity contribution in [3.05, 3.63) is 0 Å². The maximum atomic E-state index is 12.8. The van der Waals surface area contributed by atoms with Gasteiger partial charge in [-0.1, -0.05) is 13.8 Å². The third-order valence-corrected chi connectivity index (χ3v) is 6.40. The molecular weight excluding hydrogens is 292 g/mol. The second-order valence-corrected chi connectivity index (χ2v) is 8.42. The van der Waals surface area contributed by atoms with Crippen LogP contribution in [0.15, 0.2) is 0 Å². The number of carbonyl (C=O) groups is 1. The Balaban J connectivity index is 2.00. The van der Waals surface area contributed by atoms with Crippen molar-refractivity contribution < 1.29 is 18.3 Å². The number of hydrogen-bond donors (Lipinski definition) is 1. The second-order valence-electron chi connectivity index (χ2n) is 6.54. The molecule has 0 aromatic heterocycles. The average molecular weight is 318 g/mol. The Morgan fingerprint density at radius 1 is 1.24 bits per heavy atom. The highest BCUT2D eigenvalue weighted by molar-refractivity contribution is 7.86. The summed E-state index contributed by atoms with van der Waals surface area (Å²) >= 11 is 0. The van der Waals surface area contributed by atoms with Gasteiger partial charge in [0.15, 0.2) is 0 Å². The third-order valence-electron chi connectivity index (χ3n) is 4.31. The zero-order chi connectivity index (χ0) is 15.6. The van der Waals surface area contributed by atoms with Gasteiger partial charge in [0, 0.05) is 25.7 Å². The Morgan fingerprint density at radius 2 is 1.81 bits per heavy atom. The van der Waals surface area contributed by atoms with E-state index in [9.17, 15) is 13.2 Å². The monoisotopic (exact) mass is 318 g/mol.